The van der Waals surface area contributed by atoms with Crippen LogP contribution in [0, 0.1) is 0 Å². The molecule has 1 aliphatic rings. The van der Waals surface area contributed by atoms with Crippen LogP contribution in [0.2, 0.25) is 0 Å². The number of nitrogens with zero attached hydrogens (tertiary/aromatic N) is 3. The van der Waals surface area contributed by atoms with E-state index in [9.17, 15) is 73.8 Å². The predicted molar refractivity (Wildman–Crippen MR) is 274 cm³/mol. The standard InChI is InChI=1S/C47H71N15O15/c1-24(48)37(68)55-29(5-2-16-53-46(49)50)38(69)56-30(6-3-17-54-47(51)52)39(70)59-33(21-63)42(73)61-35(23-65)44(75)62-18-4-7-36(62)43(74)60-34(22-64)41(72)57-31(19-25-8-12-27(66)13-9-25)40(71)58-32(45(76)77)20-26-10-14-28(67)15-11-26/h8-15,24,29-36,63-67H,2-7,16-23,48H2,1H3,(H,55,68)(H,56,69)(H,57,72)(H,58,71)(H,59,70)(H,60,74)(H,61,73)(H,76,77)(H4,49,50,53)(H4,51,52,54). The van der Waals surface area contributed by atoms with Crippen LogP contribution in [-0.4, -0.2) is 195 Å². The summed E-state index contributed by atoms with van der Waals surface area (Å²) in [5.41, 5.74) is 28.1. The van der Waals surface area contributed by atoms with Crippen molar-refractivity contribution in [1.29, 1.82) is 0 Å². The number of carboxylic acid groups (broad SMARTS) is 1. The molecule has 30 nitrogen and oxygen atoms in total. The molecule has 23 N–H and O–H groups in total. The number of aliphatic hydroxyl groups excluding tert-OH is 3. The predicted octanol–water partition coefficient (Wildman–Crippen LogP) is -7.22. The molecule has 0 aliphatic carbocycles. The number of guanidine groups is 2. The van der Waals surface area contributed by atoms with Gasteiger partial charge in [0.25, 0.3) is 0 Å². The normalized spacial score (nSPS) is 16.0. The maximum atomic E-state index is 13.9. The molecule has 30 heteroatoms. The molecule has 0 bridgehead atoms. The van der Waals surface area contributed by atoms with Gasteiger partial charge in [-0.1, -0.05) is 24.3 Å². The van der Waals surface area contributed by atoms with Crippen molar-refractivity contribution in [3.8, 4) is 11.5 Å². The SMILES string of the molecule is CC(N)C(=O)NC(CCCN=C(N)N)C(=O)NC(CCCN=C(N)N)C(=O)NC(CO)C(=O)NC(CO)C(=O)N1CCCC1C(=O)NC(CO)C(=O)NC(Cc1ccc(O)cc1)C(=O)NC(Cc1ccc(O)cc1)C(=O)O. The number of phenolic OH excluding ortho intramolecular Hbond substituents is 2. The van der Waals surface area contributed by atoms with Gasteiger partial charge in [0, 0.05) is 32.5 Å². The molecule has 9 unspecified atom stereocenters. The summed E-state index contributed by atoms with van der Waals surface area (Å²) in [5, 5.41) is 76.9. The van der Waals surface area contributed by atoms with E-state index in [1.165, 1.54) is 55.5 Å². The monoisotopic (exact) mass is 1090 g/mol. The van der Waals surface area contributed by atoms with Crippen molar-refractivity contribution in [3.63, 3.8) is 0 Å². The molecule has 8 amide bonds. The van der Waals surface area contributed by atoms with Gasteiger partial charge >= 0.3 is 5.97 Å². The molecule has 77 heavy (non-hydrogen) atoms. The number of amides is 8. The second-order valence-corrected chi connectivity index (χ2v) is 17.9. The number of likely N-dealkylation sites (tertiary alicyclic amines) is 1. The average Bonchev–Trinajstić information content (AvgIpc) is 3.88. The Kier molecular flexibility index (Phi) is 25.8. The molecule has 1 fully saturated rings. The Labute approximate surface area is 442 Å². The number of benzene rings is 2. The van der Waals surface area contributed by atoms with E-state index in [0.29, 0.717) is 11.1 Å². The van der Waals surface area contributed by atoms with Crippen LogP contribution in [0.15, 0.2) is 58.5 Å². The number of aromatic hydroxyl groups is 2. The van der Waals surface area contributed by atoms with E-state index in [0.717, 1.165) is 4.90 Å². The van der Waals surface area contributed by atoms with Gasteiger partial charge in [-0.15, -0.1) is 0 Å². The van der Waals surface area contributed by atoms with E-state index < -0.39 is 127 Å². The number of nitrogens with one attached hydrogen (secondary N) is 7. The molecule has 1 saturated heterocycles. The number of rotatable bonds is 31. The van der Waals surface area contributed by atoms with Crippen LogP contribution in [-0.2, 0) is 56.0 Å². The van der Waals surface area contributed by atoms with Crippen molar-refractivity contribution < 1.29 is 73.8 Å². The Morgan fingerprint density at radius 2 is 0.935 bits per heavy atom. The fourth-order valence-electron chi connectivity index (χ4n) is 7.70. The summed E-state index contributed by atoms with van der Waals surface area (Å²) in [5.74, 6) is -9.83. The highest BCUT2D eigenvalue weighted by Gasteiger charge is 2.40. The smallest absolute Gasteiger partial charge is 0.326 e. The number of carboxylic acids is 1. The number of aliphatic carboxylic acids is 1. The highest BCUT2D eigenvalue weighted by atomic mass is 16.4. The maximum Gasteiger partial charge on any atom is 0.326 e. The molecule has 9 atom stereocenters. The summed E-state index contributed by atoms with van der Waals surface area (Å²) in [6.07, 6.45) is -0.106. The first kappa shape index (κ1) is 62.9. The Hall–Kier alpha value is -8.35. The highest BCUT2D eigenvalue weighted by Crippen LogP contribution is 2.20. The number of hydrogen-bond acceptors (Lipinski definition) is 17. The lowest BCUT2D eigenvalue weighted by Gasteiger charge is -2.30. The van der Waals surface area contributed by atoms with Crippen LogP contribution >= 0.6 is 0 Å². The molecule has 1 heterocycles. The van der Waals surface area contributed by atoms with Crippen molar-refractivity contribution in [2.24, 2.45) is 38.7 Å². The largest absolute Gasteiger partial charge is 0.508 e. The molecular weight excluding hydrogens is 1010 g/mol. The number of aliphatic hydroxyl groups is 3. The third-order valence-electron chi connectivity index (χ3n) is 11.8. The number of carbonyl (C=O) groups is 9. The van der Waals surface area contributed by atoms with Gasteiger partial charge in [0.15, 0.2) is 11.9 Å². The quantitative estimate of drug-likeness (QED) is 0.0189. The van der Waals surface area contributed by atoms with Gasteiger partial charge in [-0.25, -0.2) is 4.79 Å². The number of nitrogens with two attached hydrogens (primary N) is 5. The first-order valence-corrected chi connectivity index (χ1v) is 24.4. The molecular formula is C47H71N15O15. The summed E-state index contributed by atoms with van der Waals surface area (Å²) in [6, 6.07) is -2.33. The first-order chi connectivity index (χ1) is 36.5. The second-order valence-electron chi connectivity index (χ2n) is 17.9. The van der Waals surface area contributed by atoms with Gasteiger partial charge in [0.05, 0.1) is 25.9 Å². The van der Waals surface area contributed by atoms with E-state index in [1.807, 2.05) is 0 Å². The summed E-state index contributed by atoms with van der Waals surface area (Å²) < 4.78 is 0. The van der Waals surface area contributed by atoms with Crippen molar-refractivity contribution in [2.75, 3.05) is 39.5 Å². The van der Waals surface area contributed by atoms with Crippen molar-refractivity contribution in [2.45, 2.75) is 113 Å². The molecule has 0 saturated carbocycles. The number of carbonyl (C=O) groups excluding carboxylic acids is 8. The fourth-order valence-corrected chi connectivity index (χ4v) is 7.70. The van der Waals surface area contributed by atoms with E-state index in [4.69, 9.17) is 28.7 Å². The number of phenols is 2. The van der Waals surface area contributed by atoms with Gasteiger partial charge in [0.2, 0.25) is 47.3 Å². The molecule has 0 aromatic heterocycles. The molecule has 3 rings (SSSR count). The third-order valence-corrected chi connectivity index (χ3v) is 11.8. The van der Waals surface area contributed by atoms with E-state index in [-0.39, 0.29) is 94.4 Å². The molecule has 0 radical (unpaired) electrons. The molecule has 2 aromatic rings. The lowest BCUT2D eigenvalue weighted by molar-refractivity contribution is -0.143. The van der Waals surface area contributed by atoms with E-state index in [2.05, 4.69) is 47.2 Å². The zero-order valence-corrected chi connectivity index (χ0v) is 42.3. The summed E-state index contributed by atoms with van der Waals surface area (Å²) >= 11 is 0. The van der Waals surface area contributed by atoms with E-state index >= 15 is 0 Å². The summed E-state index contributed by atoms with van der Waals surface area (Å²) in [7, 11) is 0. The Morgan fingerprint density at radius 1 is 0.558 bits per heavy atom. The lowest BCUT2D eigenvalue weighted by atomic mass is 10.0. The third kappa shape index (κ3) is 21.1. The molecule has 424 valence electrons. The Balaban J connectivity index is 1.75. The van der Waals surface area contributed by atoms with E-state index in [1.54, 1.807) is 0 Å². The van der Waals surface area contributed by atoms with Gasteiger partial charge in [-0.3, -0.25) is 48.3 Å². The first-order valence-electron chi connectivity index (χ1n) is 24.4. The minimum absolute atomic E-state index is 0.00130. The Morgan fingerprint density at radius 3 is 1.38 bits per heavy atom. The van der Waals surface area contributed by atoms with Gasteiger partial charge in [0.1, 0.15) is 59.8 Å². The van der Waals surface area contributed by atoms with Gasteiger partial charge in [-0.2, -0.15) is 0 Å². The average molecular weight is 1090 g/mol. The van der Waals surface area contributed by atoms with Crippen LogP contribution in [0.1, 0.15) is 56.6 Å². The van der Waals surface area contributed by atoms with Gasteiger partial charge in [-0.05, 0) is 80.8 Å². The molecule has 0 spiro atoms. The summed E-state index contributed by atoms with van der Waals surface area (Å²) in [6.45, 7) is -1.76. The van der Waals surface area contributed by atoms with Gasteiger partial charge < -0.3 is 101 Å². The van der Waals surface area contributed by atoms with Crippen LogP contribution in [0.25, 0.3) is 0 Å². The molecule has 1 aliphatic heterocycles. The number of aliphatic imine (C=N–C) groups is 2. The topological polar surface area (TPSA) is 517 Å². The fraction of sp³-hybridized carbons (Fsp3) is 0.511. The summed E-state index contributed by atoms with van der Waals surface area (Å²) in [4.78, 5) is 129. The van der Waals surface area contributed by atoms with Crippen LogP contribution in [0.5, 0.6) is 11.5 Å². The highest BCUT2D eigenvalue weighted by molar-refractivity contribution is 5.98. The Bertz CT molecular complexity index is 2400. The zero-order valence-electron chi connectivity index (χ0n) is 42.3. The number of hydrogen-bond donors (Lipinski definition) is 18. The van der Waals surface area contributed by atoms with Crippen molar-refractivity contribution >= 4 is 65.1 Å². The van der Waals surface area contributed by atoms with Crippen LogP contribution in [0.4, 0.5) is 0 Å². The van der Waals surface area contributed by atoms with Crippen LogP contribution < -0.4 is 65.9 Å². The van der Waals surface area contributed by atoms with Crippen molar-refractivity contribution in [1.82, 2.24) is 42.1 Å². The minimum Gasteiger partial charge on any atom is -0.508 e. The minimum atomic E-state index is -1.80. The lowest BCUT2D eigenvalue weighted by Crippen LogP contribution is -2.61. The van der Waals surface area contributed by atoms with Crippen LogP contribution in [0.3, 0.4) is 0 Å². The zero-order chi connectivity index (χ0) is 57.4. The molecule has 2 aromatic carbocycles. The van der Waals surface area contributed by atoms with Crippen molar-refractivity contribution in [3.05, 3.63) is 59.7 Å². The maximum absolute atomic E-state index is 13.9. The second kappa shape index (κ2) is 31.5.